The first-order chi connectivity index (χ1) is 12.8. The third-order valence-corrected chi connectivity index (χ3v) is 3.24. The molecule has 0 saturated carbocycles. The first kappa shape index (κ1) is 30.0. The Bertz CT molecular complexity index is 759. The fourth-order valence-corrected chi connectivity index (χ4v) is 1.81. The lowest BCUT2D eigenvalue weighted by molar-refractivity contribution is -0.193. The highest BCUT2D eigenvalue weighted by Crippen LogP contribution is 2.27. The second kappa shape index (κ2) is 11.3. The van der Waals surface area contributed by atoms with E-state index >= 15 is 0 Å². The molecule has 1 rings (SSSR count). The number of hydrogen-bond donors (Lipinski definition) is 6. The summed E-state index contributed by atoms with van der Waals surface area (Å²) in [4.78, 5) is 45.5. The fourth-order valence-electron chi connectivity index (χ4n) is 1.81. The van der Waals surface area contributed by atoms with E-state index in [0.29, 0.717) is 5.56 Å². The predicted octanol–water partition coefficient (Wildman–Crippen LogP) is 0.0829. The van der Waals surface area contributed by atoms with Gasteiger partial charge < -0.3 is 45.6 Å². The summed E-state index contributed by atoms with van der Waals surface area (Å²) in [6, 6.07) is 4.16. The molecule has 0 amide bonds. The maximum absolute atomic E-state index is 12.2. The Balaban J connectivity index is 0. The van der Waals surface area contributed by atoms with Gasteiger partial charge in [0.15, 0.2) is 11.5 Å². The van der Waals surface area contributed by atoms with Gasteiger partial charge in [-0.25, -0.2) is 9.36 Å². The zero-order chi connectivity index (χ0) is 23.2. The highest BCUT2D eigenvalue weighted by atomic mass is 31.2. The van der Waals surface area contributed by atoms with Crippen molar-refractivity contribution in [3.05, 3.63) is 23.8 Å². The number of hydrogen-bond acceptors (Lipinski definition) is 8. The van der Waals surface area contributed by atoms with Gasteiger partial charge >= 0.3 is 19.8 Å². The standard InChI is InChI=1S/C17H25NO6.H3O4P.H2O/c1-10(23-14(21)16(2,3)4)24-15(22)17(5,18)9-11-6-7-12(19)13(20)8-11;1-5(2,3)4;/h6-8,10,19-20H,9,18H2,1-5H3;(H3,1,2,3,4);1H2/t10?,17-;;/m0../s1. The topological polar surface area (TPSA) is 228 Å². The number of phenolic OH excluding ortho intramolecular Hbond substituents is 2. The summed E-state index contributed by atoms with van der Waals surface area (Å²) < 4.78 is 19.0. The molecular weight excluding hydrogens is 425 g/mol. The van der Waals surface area contributed by atoms with Crippen LogP contribution in [0.15, 0.2) is 18.2 Å². The number of phenols is 2. The highest BCUT2D eigenvalue weighted by molar-refractivity contribution is 7.45. The van der Waals surface area contributed by atoms with Crippen molar-refractivity contribution in [2.45, 2.75) is 52.9 Å². The number of benzene rings is 1. The zero-order valence-corrected chi connectivity index (χ0v) is 18.2. The SMILES string of the molecule is CC(OC(=O)C(C)(C)C)OC(=O)[C@@](C)(N)Cc1ccc(O)c(O)c1.O.O=P(O)(O)O. The van der Waals surface area contributed by atoms with Gasteiger partial charge in [0.1, 0.15) is 5.54 Å². The van der Waals surface area contributed by atoms with Crippen LogP contribution >= 0.6 is 7.82 Å². The maximum atomic E-state index is 12.2. The lowest BCUT2D eigenvalue weighted by Crippen LogP contribution is -2.49. The van der Waals surface area contributed by atoms with Crippen molar-refractivity contribution in [1.82, 2.24) is 0 Å². The molecule has 0 aliphatic carbocycles. The Morgan fingerprint density at radius 2 is 1.47 bits per heavy atom. The molecule has 30 heavy (non-hydrogen) atoms. The second-order valence-electron chi connectivity index (χ2n) is 7.56. The molecule has 0 spiro atoms. The van der Waals surface area contributed by atoms with Gasteiger partial charge in [-0.3, -0.25) is 4.79 Å². The Morgan fingerprint density at radius 3 is 1.87 bits per heavy atom. The molecule has 0 aliphatic heterocycles. The minimum atomic E-state index is -4.64. The van der Waals surface area contributed by atoms with Gasteiger partial charge in [0.25, 0.3) is 0 Å². The lowest BCUT2D eigenvalue weighted by Gasteiger charge is -2.26. The van der Waals surface area contributed by atoms with Crippen molar-refractivity contribution in [2.75, 3.05) is 0 Å². The second-order valence-corrected chi connectivity index (χ2v) is 8.59. The Kier molecular flexibility index (Phi) is 11.2. The zero-order valence-electron chi connectivity index (χ0n) is 17.3. The Hall–Kier alpha value is -2.21. The van der Waals surface area contributed by atoms with E-state index in [2.05, 4.69) is 0 Å². The molecular formula is C17H30NO11P. The average Bonchev–Trinajstić information content (AvgIpc) is 2.47. The maximum Gasteiger partial charge on any atom is 0.466 e. The molecule has 9 N–H and O–H groups in total. The molecule has 0 fully saturated rings. The van der Waals surface area contributed by atoms with E-state index in [4.69, 9.17) is 34.5 Å². The predicted molar refractivity (Wildman–Crippen MR) is 105 cm³/mol. The molecule has 0 aromatic heterocycles. The average molecular weight is 455 g/mol. The largest absolute Gasteiger partial charge is 0.504 e. The van der Waals surface area contributed by atoms with Crippen LogP contribution in [0.25, 0.3) is 0 Å². The number of rotatable bonds is 5. The summed E-state index contributed by atoms with van der Waals surface area (Å²) >= 11 is 0. The third kappa shape index (κ3) is 12.4. The van der Waals surface area contributed by atoms with E-state index in [-0.39, 0.29) is 23.4 Å². The molecule has 0 radical (unpaired) electrons. The molecule has 0 saturated heterocycles. The molecule has 174 valence electrons. The summed E-state index contributed by atoms with van der Waals surface area (Å²) in [5.74, 6) is -1.80. The normalized spacial score (nSPS) is 14.2. The smallest absolute Gasteiger partial charge is 0.466 e. The van der Waals surface area contributed by atoms with E-state index in [1.807, 2.05) is 0 Å². The van der Waals surface area contributed by atoms with Crippen molar-refractivity contribution < 1.29 is 54.0 Å². The molecule has 0 heterocycles. The van der Waals surface area contributed by atoms with Crippen molar-refractivity contribution in [2.24, 2.45) is 11.1 Å². The quantitative estimate of drug-likeness (QED) is 0.151. The van der Waals surface area contributed by atoms with Crippen LogP contribution in [0.4, 0.5) is 0 Å². The van der Waals surface area contributed by atoms with Gasteiger partial charge in [0.2, 0.25) is 6.29 Å². The number of nitrogens with two attached hydrogens (primary N) is 1. The monoisotopic (exact) mass is 455 g/mol. The fraction of sp³-hybridized carbons (Fsp3) is 0.529. The van der Waals surface area contributed by atoms with Crippen molar-refractivity contribution in [3.63, 3.8) is 0 Å². The number of ether oxygens (including phenoxy) is 2. The van der Waals surface area contributed by atoms with Gasteiger partial charge in [-0.15, -0.1) is 0 Å². The molecule has 0 aliphatic rings. The van der Waals surface area contributed by atoms with E-state index in [1.54, 1.807) is 20.8 Å². The van der Waals surface area contributed by atoms with E-state index in [0.717, 1.165) is 0 Å². The molecule has 1 unspecified atom stereocenters. The van der Waals surface area contributed by atoms with Crippen LogP contribution in [-0.2, 0) is 30.0 Å². The number of phosphoric acid groups is 1. The number of aromatic hydroxyl groups is 2. The summed E-state index contributed by atoms with van der Waals surface area (Å²) in [5.41, 5.74) is 4.42. The van der Waals surface area contributed by atoms with Gasteiger partial charge in [0.05, 0.1) is 5.41 Å². The number of carbonyl (C=O) groups excluding carboxylic acids is 2. The minimum absolute atomic E-state index is 0. The molecule has 1 aromatic carbocycles. The van der Waals surface area contributed by atoms with Gasteiger partial charge in [-0.1, -0.05) is 6.07 Å². The van der Waals surface area contributed by atoms with Crippen LogP contribution < -0.4 is 5.73 Å². The highest BCUT2D eigenvalue weighted by Gasteiger charge is 2.33. The first-order valence-electron chi connectivity index (χ1n) is 8.33. The van der Waals surface area contributed by atoms with Gasteiger partial charge in [-0.05, 0) is 45.4 Å². The Morgan fingerprint density at radius 1 is 1.03 bits per heavy atom. The summed E-state index contributed by atoms with van der Waals surface area (Å²) in [5, 5.41) is 18.8. The van der Waals surface area contributed by atoms with E-state index in [9.17, 15) is 19.8 Å². The summed E-state index contributed by atoms with van der Waals surface area (Å²) in [7, 11) is -4.64. The number of carbonyl (C=O) groups is 2. The van der Waals surface area contributed by atoms with E-state index in [1.165, 1.54) is 32.0 Å². The van der Waals surface area contributed by atoms with Crippen LogP contribution in [-0.4, -0.2) is 54.1 Å². The van der Waals surface area contributed by atoms with Crippen molar-refractivity contribution in [1.29, 1.82) is 0 Å². The first-order valence-corrected chi connectivity index (χ1v) is 9.89. The van der Waals surface area contributed by atoms with Crippen LogP contribution in [0.3, 0.4) is 0 Å². The van der Waals surface area contributed by atoms with E-state index < -0.39 is 37.0 Å². The van der Waals surface area contributed by atoms with Crippen molar-refractivity contribution >= 4 is 19.8 Å². The minimum Gasteiger partial charge on any atom is -0.504 e. The van der Waals surface area contributed by atoms with Crippen molar-refractivity contribution in [3.8, 4) is 11.5 Å². The van der Waals surface area contributed by atoms with Gasteiger partial charge in [0, 0.05) is 13.3 Å². The Labute approximate surface area is 173 Å². The number of esters is 2. The molecule has 2 atom stereocenters. The van der Waals surface area contributed by atoms with Crippen LogP contribution in [0.2, 0.25) is 0 Å². The van der Waals surface area contributed by atoms with Crippen LogP contribution in [0.5, 0.6) is 11.5 Å². The van der Waals surface area contributed by atoms with Gasteiger partial charge in [-0.2, -0.15) is 0 Å². The molecule has 12 nitrogen and oxygen atoms in total. The molecule has 1 aromatic rings. The van der Waals surface area contributed by atoms with Crippen LogP contribution in [0.1, 0.15) is 40.2 Å². The summed E-state index contributed by atoms with van der Waals surface area (Å²) in [6.45, 7) is 7.97. The third-order valence-electron chi connectivity index (χ3n) is 3.24. The summed E-state index contributed by atoms with van der Waals surface area (Å²) in [6.07, 6.45) is -1.00. The van der Waals surface area contributed by atoms with Crippen LogP contribution in [0, 0.1) is 5.41 Å². The molecule has 13 heteroatoms. The molecule has 0 bridgehead atoms. The lowest BCUT2D eigenvalue weighted by atomic mass is 9.94.